The van der Waals surface area contributed by atoms with Crippen LogP contribution in [0.15, 0.2) is 206 Å². The molecule has 4 atom stereocenters. The van der Waals surface area contributed by atoms with E-state index in [2.05, 4.69) is 0 Å². The van der Waals surface area contributed by atoms with Crippen molar-refractivity contribution >= 4 is 23.9 Å². The van der Waals surface area contributed by atoms with Crippen LogP contribution in [0.2, 0.25) is 0 Å². The number of esters is 4. The van der Waals surface area contributed by atoms with Gasteiger partial charge in [-0.3, -0.25) is 0 Å². The Balaban J connectivity index is 0.724. The van der Waals surface area contributed by atoms with Crippen LogP contribution in [0, 0.1) is 0 Å². The first-order valence-corrected chi connectivity index (χ1v) is 36.3. The van der Waals surface area contributed by atoms with Crippen molar-refractivity contribution in [2.45, 2.75) is 75.8 Å². The number of unbranched alkanes of at least 4 members (excludes halogenated alkanes) is 4. The summed E-state index contributed by atoms with van der Waals surface area (Å²) < 4.78 is 91.8. The molecule has 13 rings (SSSR count). The third-order valence-electron chi connectivity index (χ3n) is 17.7. The van der Waals surface area contributed by atoms with E-state index < -0.39 is 23.9 Å². The van der Waals surface area contributed by atoms with E-state index in [-0.39, 0.29) is 69.7 Å². The van der Waals surface area contributed by atoms with Crippen molar-refractivity contribution in [3.05, 3.63) is 229 Å². The highest BCUT2D eigenvalue weighted by atomic mass is 16.6. The lowest BCUT2D eigenvalue weighted by atomic mass is 10.0. The first-order valence-electron chi connectivity index (χ1n) is 36.3. The Bertz CT molecular complexity index is 3710. The van der Waals surface area contributed by atoms with Gasteiger partial charge in [0.2, 0.25) is 0 Å². The summed E-state index contributed by atoms with van der Waals surface area (Å²) in [7, 11) is 0. The van der Waals surface area contributed by atoms with E-state index in [1.165, 1.54) is 12.1 Å². The molecule has 4 unspecified atom stereocenters. The molecule has 0 saturated carbocycles. The van der Waals surface area contributed by atoms with Crippen LogP contribution in [0.1, 0.15) is 92.8 Å². The molecule has 4 aliphatic rings. The Hall–Kier alpha value is -10.3. The van der Waals surface area contributed by atoms with Crippen LogP contribution < -0.4 is 37.9 Å². The van der Waals surface area contributed by atoms with Crippen LogP contribution in [0.25, 0.3) is 44.5 Å². The molecule has 550 valence electrons. The number of rotatable bonds is 44. The summed E-state index contributed by atoms with van der Waals surface area (Å²) in [6.45, 7) is 10.4. The highest BCUT2D eigenvalue weighted by molar-refractivity contribution is 5.97. The predicted molar refractivity (Wildman–Crippen MR) is 395 cm³/mol. The number of hydrogen-bond donors (Lipinski definition) is 0. The number of carbonyl (C=O) groups excluding carboxylic acids is 4. The zero-order valence-electron chi connectivity index (χ0n) is 59.1. The quantitative estimate of drug-likeness (QED) is 0.0150. The van der Waals surface area contributed by atoms with Crippen LogP contribution >= 0.6 is 0 Å². The molecule has 0 spiro atoms. The summed E-state index contributed by atoms with van der Waals surface area (Å²) in [5, 5.41) is 0. The van der Waals surface area contributed by atoms with Crippen LogP contribution in [0.3, 0.4) is 0 Å². The molecule has 4 heterocycles. The predicted octanol–water partition coefficient (Wildman–Crippen LogP) is 15.5. The molecule has 0 amide bonds. The summed E-state index contributed by atoms with van der Waals surface area (Å²) in [6.07, 6.45) is 7.82. The summed E-state index contributed by atoms with van der Waals surface area (Å²) in [6, 6.07) is 60.1. The van der Waals surface area contributed by atoms with Crippen LogP contribution in [0.5, 0.6) is 46.0 Å². The average molecular weight is 1440 g/mol. The summed E-state index contributed by atoms with van der Waals surface area (Å²) in [5.41, 5.74) is 7.31. The number of hydrogen-bond acceptors (Lipinski definition) is 20. The molecule has 4 fully saturated rings. The third-order valence-corrected chi connectivity index (χ3v) is 17.7. The first-order chi connectivity index (χ1) is 52.1. The van der Waals surface area contributed by atoms with Gasteiger partial charge in [-0.15, -0.1) is 0 Å². The van der Waals surface area contributed by atoms with Gasteiger partial charge in [-0.1, -0.05) is 97.1 Å². The van der Waals surface area contributed by atoms with Gasteiger partial charge in [0.25, 0.3) is 0 Å². The van der Waals surface area contributed by atoms with E-state index >= 15 is 0 Å². The molecule has 0 radical (unpaired) electrons. The topological polar surface area (TPSA) is 229 Å². The molecule has 20 heteroatoms. The molecule has 20 nitrogen and oxygen atoms in total. The van der Waals surface area contributed by atoms with Crippen molar-refractivity contribution in [1.29, 1.82) is 0 Å². The normalized spacial score (nSPS) is 15.9. The zero-order chi connectivity index (χ0) is 72.5. The Kier molecular flexibility index (Phi) is 26.6. The van der Waals surface area contributed by atoms with Gasteiger partial charge >= 0.3 is 23.9 Å². The lowest BCUT2D eigenvalue weighted by Crippen LogP contribution is -2.16. The molecule has 0 N–H and O–H groups in total. The highest BCUT2D eigenvalue weighted by Gasteiger charge is 2.28. The molecule has 9 aromatic carbocycles. The number of benzene rings is 9. The minimum absolute atomic E-state index is 0.138. The monoisotopic (exact) mass is 1440 g/mol. The molecular weight excluding hydrogens is 1350 g/mol. The smallest absolute Gasteiger partial charge is 0.343 e. The zero-order valence-corrected chi connectivity index (χ0v) is 59.1. The van der Waals surface area contributed by atoms with Gasteiger partial charge in [0.05, 0.1) is 102 Å². The van der Waals surface area contributed by atoms with E-state index in [1.807, 2.05) is 97.1 Å². The number of ether oxygens (including phenoxy) is 16. The highest BCUT2D eigenvalue weighted by Crippen LogP contribution is 2.42. The number of carbonyl (C=O) groups is 4. The summed E-state index contributed by atoms with van der Waals surface area (Å²) in [5.74, 6) is -1.83. The van der Waals surface area contributed by atoms with E-state index in [0.29, 0.717) is 79.3 Å². The Labute approximate surface area is 616 Å². The molecule has 4 saturated heterocycles. The standard InChI is InChI=1S/C86H86O20/c87-83(67-17-9-59(10-18-67)63-25-33-71(34-26-63)95-45-5-1-41-91-51-75-55-99-75)103-79-49-81(105-85(89)69-21-13-61(14-22-69)65-29-37-73(38-30-65)97-47-7-3-43-93-53-77-57-101-77)82(106-86(90)70-23-15-62(16-24-70)66-31-39-74(40-32-66)98-48-8-4-44-94-54-78-58-102-78)50-80(79)104-84(88)68-19-11-60(12-20-68)64-27-35-72(36-28-64)96-46-6-2-42-92-52-76-56-100-76/h9-40,49-50,75-78H,1-8,41-48,51-58H2. The van der Waals surface area contributed by atoms with Gasteiger partial charge in [-0.25, -0.2) is 19.2 Å². The van der Waals surface area contributed by atoms with Gasteiger partial charge in [0, 0.05) is 38.6 Å². The summed E-state index contributed by atoms with van der Waals surface area (Å²) >= 11 is 0. The fourth-order valence-corrected chi connectivity index (χ4v) is 11.1. The van der Waals surface area contributed by atoms with Crippen LogP contribution in [0.4, 0.5) is 0 Å². The van der Waals surface area contributed by atoms with Crippen molar-refractivity contribution < 1.29 is 95.0 Å². The second-order valence-electron chi connectivity index (χ2n) is 26.1. The second-order valence-corrected chi connectivity index (χ2v) is 26.1. The van der Waals surface area contributed by atoms with Crippen molar-refractivity contribution in [2.24, 2.45) is 0 Å². The second kappa shape index (κ2) is 38.1. The molecule has 0 bridgehead atoms. The summed E-state index contributed by atoms with van der Waals surface area (Å²) in [4.78, 5) is 57.8. The van der Waals surface area contributed by atoms with E-state index in [9.17, 15) is 19.2 Å². The van der Waals surface area contributed by atoms with Gasteiger partial charge < -0.3 is 75.8 Å². The Morgan fingerprint density at radius 1 is 0.245 bits per heavy atom. The van der Waals surface area contributed by atoms with Crippen molar-refractivity contribution in [3.8, 4) is 90.5 Å². The van der Waals surface area contributed by atoms with E-state index in [4.69, 9.17) is 75.8 Å². The lowest BCUT2D eigenvalue weighted by molar-refractivity contribution is 0.0663. The van der Waals surface area contributed by atoms with Crippen molar-refractivity contribution in [2.75, 3.05) is 106 Å². The largest absolute Gasteiger partial charge is 0.494 e. The van der Waals surface area contributed by atoms with E-state index in [1.54, 1.807) is 97.1 Å². The maximum atomic E-state index is 14.4. The third kappa shape index (κ3) is 23.4. The van der Waals surface area contributed by atoms with Crippen LogP contribution in [-0.4, -0.2) is 154 Å². The first kappa shape index (κ1) is 74.0. The van der Waals surface area contributed by atoms with Crippen LogP contribution in [-0.2, 0) is 37.9 Å². The molecule has 4 aliphatic heterocycles. The molecule has 9 aromatic rings. The maximum Gasteiger partial charge on any atom is 0.343 e. The molecule has 0 aromatic heterocycles. The minimum atomic E-state index is -0.846. The molecule has 106 heavy (non-hydrogen) atoms. The minimum Gasteiger partial charge on any atom is -0.494 e. The molecular formula is C86H86O20. The Morgan fingerprint density at radius 2 is 0.415 bits per heavy atom. The Morgan fingerprint density at radius 3 is 0.594 bits per heavy atom. The van der Waals surface area contributed by atoms with Gasteiger partial charge in [0.1, 0.15) is 47.4 Å². The number of epoxide rings is 4. The maximum absolute atomic E-state index is 14.4. The fraction of sp³-hybridized carbons (Fsp3) is 0.326. The van der Waals surface area contributed by atoms with E-state index in [0.717, 1.165) is 145 Å². The average Bonchev–Trinajstić information content (AvgIpc) is 1.80. The lowest BCUT2D eigenvalue weighted by Gasteiger charge is -2.17. The molecule has 0 aliphatic carbocycles. The van der Waals surface area contributed by atoms with Gasteiger partial charge in [-0.2, -0.15) is 0 Å². The fourth-order valence-electron chi connectivity index (χ4n) is 11.1. The van der Waals surface area contributed by atoms with Gasteiger partial charge in [0.15, 0.2) is 23.0 Å². The van der Waals surface area contributed by atoms with Crippen molar-refractivity contribution in [3.63, 3.8) is 0 Å². The van der Waals surface area contributed by atoms with Crippen molar-refractivity contribution in [1.82, 2.24) is 0 Å². The van der Waals surface area contributed by atoms with Gasteiger partial charge in [-0.05, 0) is 193 Å². The SMILES string of the molecule is O=C(Oc1cc(OC(=O)c2ccc(-c3ccc(OCCCCOCC4CO4)cc3)cc2)c(OC(=O)c2ccc(-c3ccc(OCCCCOCC4CO4)cc3)cc2)cc1OC(=O)c1ccc(-c2ccc(OCCCCOCC3CO3)cc2)cc1)c1ccc(-c2ccc(OCCCCOCC3CO3)cc2)cc1.